The lowest BCUT2D eigenvalue weighted by molar-refractivity contribution is -0.138. The van der Waals surface area contributed by atoms with Crippen LogP contribution in [0.2, 0.25) is 0 Å². The highest BCUT2D eigenvalue weighted by molar-refractivity contribution is 5.66. The molecule has 0 aromatic carbocycles. The zero-order valence-electron chi connectivity index (χ0n) is 20.0. The summed E-state index contributed by atoms with van der Waals surface area (Å²) in [7, 11) is 4.35. The monoisotopic (exact) mass is 418 g/mol. The Morgan fingerprint density at radius 3 is 2.37 bits per heavy atom. The first-order valence-electron chi connectivity index (χ1n) is 12.8. The minimum atomic E-state index is -0.635. The molecule has 4 aliphatic rings. The molecule has 4 nitrogen and oxygen atoms in total. The van der Waals surface area contributed by atoms with Crippen molar-refractivity contribution in [2.75, 3.05) is 14.1 Å². The van der Waals surface area contributed by atoms with Gasteiger partial charge in [-0.2, -0.15) is 0 Å². The van der Waals surface area contributed by atoms with Gasteiger partial charge >= 0.3 is 5.97 Å². The summed E-state index contributed by atoms with van der Waals surface area (Å²) in [6.07, 6.45) is 12.0. The average molecular weight is 419 g/mol. The number of nitrogens with one attached hydrogen (secondary N) is 2. The summed E-state index contributed by atoms with van der Waals surface area (Å²) in [5.74, 6) is 3.91. The lowest BCUT2D eigenvalue weighted by Crippen LogP contribution is -2.61. The summed E-state index contributed by atoms with van der Waals surface area (Å²) < 4.78 is 0. The molecular weight excluding hydrogens is 372 g/mol. The normalized spacial score (nSPS) is 49.0. The van der Waals surface area contributed by atoms with Crippen LogP contribution in [-0.2, 0) is 4.79 Å². The van der Waals surface area contributed by atoms with Crippen molar-refractivity contribution in [2.45, 2.75) is 97.1 Å². The fourth-order valence-electron chi connectivity index (χ4n) is 9.36. The summed E-state index contributed by atoms with van der Waals surface area (Å²) in [5, 5.41) is 16.6. The molecule has 4 fully saturated rings. The Balaban J connectivity index is 1.57. The summed E-state index contributed by atoms with van der Waals surface area (Å²) >= 11 is 0. The molecule has 172 valence electrons. The molecule has 4 heteroatoms. The van der Waals surface area contributed by atoms with Crippen LogP contribution in [0, 0.1) is 46.3 Å². The summed E-state index contributed by atoms with van der Waals surface area (Å²) in [6, 6.07) is 1.36. The maximum atomic E-state index is 11.2. The van der Waals surface area contributed by atoms with E-state index in [2.05, 4.69) is 45.5 Å². The topological polar surface area (TPSA) is 61.4 Å². The molecule has 0 bridgehead atoms. The van der Waals surface area contributed by atoms with E-state index in [1.54, 1.807) is 0 Å². The van der Waals surface area contributed by atoms with Crippen molar-refractivity contribution in [1.29, 1.82) is 0 Å². The van der Waals surface area contributed by atoms with E-state index in [1.807, 2.05) is 0 Å². The lowest BCUT2D eigenvalue weighted by atomic mass is 9.43. The molecule has 0 heterocycles. The van der Waals surface area contributed by atoms with Crippen molar-refractivity contribution in [1.82, 2.24) is 10.6 Å². The molecule has 0 saturated heterocycles. The standard InChI is InChI=1S/C26H46N2O2/c1-16(6-9-23(29)30)19-7-8-20-24-21(11-13-26(19,20)3)25(2)12-10-18(27-4)14-17(25)15-22(24)28-5/h16-22,24,27-28H,6-15H2,1-5H3,(H,29,30)/t16?,17-,18-,19?,20?,21?,22-,24?,25+,26-/m1/s1. The summed E-state index contributed by atoms with van der Waals surface area (Å²) in [6.45, 7) is 7.57. The third-order valence-electron chi connectivity index (χ3n) is 11.1. The van der Waals surface area contributed by atoms with Gasteiger partial charge in [-0.15, -0.1) is 0 Å². The van der Waals surface area contributed by atoms with E-state index < -0.39 is 5.97 Å². The molecule has 0 radical (unpaired) electrons. The van der Waals surface area contributed by atoms with Gasteiger partial charge in [0.05, 0.1) is 0 Å². The van der Waals surface area contributed by atoms with Crippen LogP contribution in [-0.4, -0.2) is 37.3 Å². The summed E-state index contributed by atoms with van der Waals surface area (Å²) in [4.78, 5) is 11.2. The third-order valence-corrected chi connectivity index (χ3v) is 11.1. The molecule has 30 heavy (non-hydrogen) atoms. The van der Waals surface area contributed by atoms with Gasteiger partial charge < -0.3 is 15.7 Å². The summed E-state index contributed by atoms with van der Waals surface area (Å²) in [5.41, 5.74) is 0.916. The van der Waals surface area contributed by atoms with E-state index in [9.17, 15) is 9.90 Å². The second-order valence-corrected chi connectivity index (χ2v) is 12.0. The first-order valence-corrected chi connectivity index (χ1v) is 12.8. The van der Waals surface area contributed by atoms with Crippen LogP contribution in [0.5, 0.6) is 0 Å². The van der Waals surface area contributed by atoms with E-state index in [1.165, 1.54) is 51.4 Å². The lowest BCUT2D eigenvalue weighted by Gasteiger charge is -2.63. The van der Waals surface area contributed by atoms with E-state index in [0.29, 0.717) is 41.2 Å². The van der Waals surface area contributed by atoms with E-state index in [4.69, 9.17) is 0 Å². The van der Waals surface area contributed by atoms with Crippen molar-refractivity contribution in [2.24, 2.45) is 46.3 Å². The van der Waals surface area contributed by atoms with Gasteiger partial charge in [-0.1, -0.05) is 20.8 Å². The predicted octanol–water partition coefficient (Wildman–Crippen LogP) is 4.93. The number of aliphatic carboxylic acids is 1. The number of carboxylic acids is 1. The van der Waals surface area contributed by atoms with E-state index >= 15 is 0 Å². The highest BCUT2D eigenvalue weighted by Gasteiger charge is 2.62. The largest absolute Gasteiger partial charge is 0.481 e. The Hall–Kier alpha value is -0.610. The van der Waals surface area contributed by atoms with Gasteiger partial charge in [-0.05, 0) is 118 Å². The molecule has 0 spiro atoms. The van der Waals surface area contributed by atoms with Crippen molar-refractivity contribution in [3.63, 3.8) is 0 Å². The molecule has 0 aromatic heterocycles. The number of hydrogen-bond donors (Lipinski definition) is 3. The highest BCUT2D eigenvalue weighted by Crippen LogP contribution is 2.68. The molecule has 4 saturated carbocycles. The SMILES string of the molecule is CN[C@@H]1CC[C@]2(C)C3CC[C@]4(C)C(C(C)CCC(=O)O)CCC4C3[C@H](NC)C[C@H]2C1. The Morgan fingerprint density at radius 1 is 1.00 bits per heavy atom. The van der Waals surface area contributed by atoms with Gasteiger partial charge in [0.15, 0.2) is 0 Å². The zero-order valence-corrected chi connectivity index (χ0v) is 20.0. The molecule has 10 atom stereocenters. The van der Waals surface area contributed by atoms with Crippen LogP contribution < -0.4 is 10.6 Å². The van der Waals surface area contributed by atoms with Gasteiger partial charge in [0, 0.05) is 18.5 Å². The van der Waals surface area contributed by atoms with Crippen LogP contribution in [0.3, 0.4) is 0 Å². The van der Waals surface area contributed by atoms with E-state index in [-0.39, 0.29) is 0 Å². The van der Waals surface area contributed by atoms with Gasteiger partial charge in [-0.25, -0.2) is 0 Å². The zero-order chi connectivity index (χ0) is 21.7. The molecule has 4 aliphatic carbocycles. The number of rotatable bonds is 6. The van der Waals surface area contributed by atoms with Gasteiger partial charge in [0.25, 0.3) is 0 Å². The number of carbonyl (C=O) groups is 1. The molecule has 5 unspecified atom stereocenters. The Morgan fingerprint density at radius 2 is 1.70 bits per heavy atom. The quantitative estimate of drug-likeness (QED) is 0.572. The van der Waals surface area contributed by atoms with Crippen LogP contribution >= 0.6 is 0 Å². The fourth-order valence-corrected chi connectivity index (χ4v) is 9.36. The first-order chi connectivity index (χ1) is 14.2. The van der Waals surface area contributed by atoms with E-state index in [0.717, 1.165) is 30.1 Å². The Kier molecular flexibility index (Phi) is 6.31. The Labute approximate surface area is 184 Å². The molecular formula is C26H46N2O2. The predicted molar refractivity (Wildman–Crippen MR) is 122 cm³/mol. The minimum Gasteiger partial charge on any atom is -0.481 e. The number of hydrogen-bond acceptors (Lipinski definition) is 3. The van der Waals surface area contributed by atoms with Crippen molar-refractivity contribution >= 4 is 5.97 Å². The average Bonchev–Trinajstić information content (AvgIpc) is 3.08. The fraction of sp³-hybridized carbons (Fsp3) is 0.962. The van der Waals surface area contributed by atoms with Gasteiger partial charge in [-0.3, -0.25) is 4.79 Å². The molecule has 4 rings (SSSR count). The van der Waals surface area contributed by atoms with Crippen LogP contribution in [0.4, 0.5) is 0 Å². The second-order valence-electron chi connectivity index (χ2n) is 12.0. The van der Waals surface area contributed by atoms with Gasteiger partial charge in [0.1, 0.15) is 0 Å². The number of fused-ring (bicyclic) bond motifs is 5. The van der Waals surface area contributed by atoms with Crippen molar-refractivity contribution in [3.8, 4) is 0 Å². The highest BCUT2D eigenvalue weighted by atomic mass is 16.4. The minimum absolute atomic E-state index is 0.329. The number of carboxylic acid groups (broad SMARTS) is 1. The first kappa shape index (κ1) is 22.6. The third kappa shape index (κ3) is 3.54. The van der Waals surface area contributed by atoms with Crippen molar-refractivity contribution in [3.05, 3.63) is 0 Å². The molecule has 3 N–H and O–H groups in total. The van der Waals surface area contributed by atoms with Crippen molar-refractivity contribution < 1.29 is 9.90 Å². The van der Waals surface area contributed by atoms with Crippen LogP contribution in [0.1, 0.15) is 85.0 Å². The maximum absolute atomic E-state index is 11.2. The molecule has 0 aromatic rings. The molecule has 0 amide bonds. The smallest absolute Gasteiger partial charge is 0.303 e. The van der Waals surface area contributed by atoms with Crippen LogP contribution in [0.25, 0.3) is 0 Å². The van der Waals surface area contributed by atoms with Crippen LogP contribution in [0.15, 0.2) is 0 Å². The second kappa shape index (κ2) is 8.39. The molecule has 0 aliphatic heterocycles. The Bertz CT molecular complexity index is 639. The van der Waals surface area contributed by atoms with Gasteiger partial charge in [0.2, 0.25) is 0 Å². The maximum Gasteiger partial charge on any atom is 0.303 e.